The molecule has 5 nitrogen and oxygen atoms in total. The van der Waals surface area contributed by atoms with E-state index >= 15 is 0 Å². The summed E-state index contributed by atoms with van der Waals surface area (Å²) < 4.78 is 5.07. The van der Waals surface area contributed by atoms with E-state index in [-0.39, 0.29) is 11.8 Å². The van der Waals surface area contributed by atoms with Gasteiger partial charge in [0.1, 0.15) is 0 Å². The second kappa shape index (κ2) is 9.32. The Morgan fingerprint density at radius 1 is 1.32 bits per heavy atom. The molecule has 0 spiro atoms. The van der Waals surface area contributed by atoms with Crippen molar-refractivity contribution in [1.82, 2.24) is 10.6 Å². The van der Waals surface area contributed by atoms with Crippen LogP contribution in [0.15, 0.2) is 35.3 Å². The number of methoxy groups -OCH3 is 1. The maximum absolute atomic E-state index is 9.87. The van der Waals surface area contributed by atoms with E-state index in [4.69, 9.17) is 4.74 Å². The van der Waals surface area contributed by atoms with Crippen molar-refractivity contribution in [3.8, 4) is 11.5 Å². The van der Waals surface area contributed by atoms with Crippen LogP contribution < -0.4 is 15.4 Å². The lowest BCUT2D eigenvalue weighted by atomic mass is 10.2. The Bertz CT molecular complexity index is 712. The number of phenols is 1. The molecule has 1 heterocycles. The molecule has 0 aliphatic heterocycles. The molecule has 0 aliphatic carbocycles. The molecule has 136 valence electrons. The molecule has 0 fully saturated rings. The van der Waals surface area contributed by atoms with E-state index in [2.05, 4.69) is 41.6 Å². The van der Waals surface area contributed by atoms with E-state index in [1.165, 1.54) is 16.9 Å². The van der Waals surface area contributed by atoms with Gasteiger partial charge in [0.15, 0.2) is 17.5 Å². The summed E-state index contributed by atoms with van der Waals surface area (Å²) in [5.41, 5.74) is 0.928. The van der Waals surface area contributed by atoms with Gasteiger partial charge in [-0.3, -0.25) is 0 Å². The quantitative estimate of drug-likeness (QED) is 0.522. The Kier molecular flexibility index (Phi) is 7.13. The number of nitrogens with one attached hydrogen (secondary N) is 2. The summed E-state index contributed by atoms with van der Waals surface area (Å²) in [6.45, 7) is 7.61. The van der Waals surface area contributed by atoms with Crippen LogP contribution in [0.4, 0.5) is 0 Å². The first kappa shape index (κ1) is 19.1. The number of ether oxygens (including phenoxy) is 1. The number of aryl methyl sites for hydroxylation is 1. The van der Waals surface area contributed by atoms with Crippen LogP contribution in [0, 0.1) is 6.92 Å². The lowest BCUT2D eigenvalue weighted by Gasteiger charge is -2.17. The zero-order valence-electron chi connectivity index (χ0n) is 15.3. The average molecular weight is 362 g/mol. The fourth-order valence-corrected chi connectivity index (χ4v) is 3.52. The average Bonchev–Trinajstić information content (AvgIpc) is 2.97. The molecular formula is C19H27N3O2S. The van der Waals surface area contributed by atoms with E-state index in [1.54, 1.807) is 12.1 Å². The number of nitrogens with zero attached hydrogens (tertiary/aromatic N) is 1. The van der Waals surface area contributed by atoms with Crippen molar-refractivity contribution in [3.63, 3.8) is 0 Å². The topological polar surface area (TPSA) is 65.9 Å². The third-order valence-electron chi connectivity index (χ3n) is 3.69. The van der Waals surface area contributed by atoms with Crippen LogP contribution in [0.2, 0.25) is 0 Å². The highest BCUT2D eigenvalue weighted by Gasteiger charge is 2.08. The van der Waals surface area contributed by atoms with Gasteiger partial charge in [-0.25, -0.2) is 4.99 Å². The summed E-state index contributed by atoms with van der Waals surface area (Å²) in [7, 11) is 1.54. The molecule has 3 N–H and O–H groups in total. The lowest BCUT2D eigenvalue weighted by Crippen LogP contribution is -2.43. The van der Waals surface area contributed by atoms with Crippen molar-refractivity contribution >= 4 is 17.3 Å². The number of benzene rings is 1. The summed E-state index contributed by atoms with van der Waals surface area (Å²) in [5.74, 6) is 1.38. The first-order valence-corrected chi connectivity index (χ1v) is 9.29. The molecule has 2 aromatic rings. The molecule has 1 aromatic carbocycles. The minimum Gasteiger partial charge on any atom is -0.504 e. The zero-order chi connectivity index (χ0) is 18.2. The molecule has 0 saturated carbocycles. The first-order valence-electron chi connectivity index (χ1n) is 8.47. The van der Waals surface area contributed by atoms with Gasteiger partial charge in [0.25, 0.3) is 0 Å². The predicted molar refractivity (Wildman–Crippen MR) is 105 cm³/mol. The number of hydrogen-bond donors (Lipinski definition) is 3. The maximum atomic E-state index is 9.87. The van der Waals surface area contributed by atoms with Gasteiger partial charge in [-0.15, -0.1) is 11.3 Å². The summed E-state index contributed by atoms with van der Waals surface area (Å²) in [6.07, 6.45) is 0.965. The van der Waals surface area contributed by atoms with Gasteiger partial charge in [-0.05, 0) is 50.6 Å². The third kappa shape index (κ3) is 5.98. The molecular weight excluding hydrogens is 334 g/mol. The molecule has 0 aliphatic rings. The summed E-state index contributed by atoms with van der Waals surface area (Å²) in [6, 6.07) is 9.96. The van der Waals surface area contributed by atoms with E-state index in [0.29, 0.717) is 12.3 Å². The number of phenolic OH excluding ortho intramolecular Hbond substituents is 1. The van der Waals surface area contributed by atoms with Crippen molar-refractivity contribution in [1.29, 1.82) is 0 Å². The largest absolute Gasteiger partial charge is 0.504 e. The first-order chi connectivity index (χ1) is 12.0. The lowest BCUT2D eigenvalue weighted by molar-refractivity contribution is 0.373. The number of aliphatic imine (C=N–C) groups is 1. The van der Waals surface area contributed by atoms with E-state index < -0.39 is 0 Å². The van der Waals surface area contributed by atoms with Crippen molar-refractivity contribution < 1.29 is 9.84 Å². The van der Waals surface area contributed by atoms with E-state index in [1.807, 2.05) is 24.3 Å². The predicted octanol–water partition coefficient (Wildman–Crippen LogP) is 3.46. The van der Waals surface area contributed by atoms with Crippen LogP contribution in [-0.4, -0.2) is 30.8 Å². The fraction of sp³-hybridized carbons (Fsp3) is 0.421. The number of aromatic hydroxyl groups is 1. The van der Waals surface area contributed by atoms with E-state index in [9.17, 15) is 5.11 Å². The van der Waals surface area contributed by atoms with Crippen LogP contribution in [0.25, 0.3) is 0 Å². The van der Waals surface area contributed by atoms with Crippen LogP contribution in [0.5, 0.6) is 11.5 Å². The number of thiophene rings is 1. The molecule has 2 rings (SSSR count). The van der Waals surface area contributed by atoms with Gasteiger partial charge in [0.05, 0.1) is 13.7 Å². The van der Waals surface area contributed by atoms with Crippen LogP contribution in [0.1, 0.15) is 29.2 Å². The molecule has 1 unspecified atom stereocenters. The van der Waals surface area contributed by atoms with Gasteiger partial charge < -0.3 is 20.5 Å². The zero-order valence-corrected chi connectivity index (χ0v) is 16.1. The van der Waals surface area contributed by atoms with Crippen molar-refractivity contribution in [2.24, 2.45) is 4.99 Å². The Morgan fingerprint density at radius 2 is 2.12 bits per heavy atom. The Hall–Kier alpha value is -2.21. The third-order valence-corrected chi connectivity index (χ3v) is 4.72. The van der Waals surface area contributed by atoms with Crippen LogP contribution in [0.3, 0.4) is 0 Å². The van der Waals surface area contributed by atoms with Crippen molar-refractivity contribution in [2.75, 3.05) is 13.7 Å². The summed E-state index contributed by atoms with van der Waals surface area (Å²) in [4.78, 5) is 7.32. The molecule has 25 heavy (non-hydrogen) atoms. The molecule has 0 radical (unpaired) electrons. The normalized spacial score (nSPS) is 12.7. The van der Waals surface area contributed by atoms with Gasteiger partial charge in [0, 0.05) is 28.8 Å². The molecule has 0 saturated heterocycles. The summed E-state index contributed by atoms with van der Waals surface area (Å²) >= 11 is 1.83. The highest BCUT2D eigenvalue weighted by Crippen LogP contribution is 2.26. The maximum Gasteiger partial charge on any atom is 0.191 e. The SMILES string of the molecule is CCNC(=NCc1ccc(OC)c(O)c1)NC(C)Cc1ccc(C)s1. The monoisotopic (exact) mass is 361 g/mol. The smallest absolute Gasteiger partial charge is 0.191 e. The molecule has 6 heteroatoms. The Balaban J connectivity index is 1.98. The van der Waals surface area contributed by atoms with Gasteiger partial charge in [-0.1, -0.05) is 6.07 Å². The Morgan fingerprint density at radius 3 is 2.72 bits per heavy atom. The number of guanidine groups is 1. The highest BCUT2D eigenvalue weighted by atomic mass is 32.1. The molecule has 1 atom stereocenters. The standard InChI is InChI=1S/C19H27N3O2S/c1-5-20-19(22-13(2)10-16-8-6-14(3)25-16)21-12-15-7-9-18(24-4)17(23)11-15/h6-9,11,13,23H,5,10,12H2,1-4H3,(H2,20,21,22). The molecule has 0 bridgehead atoms. The second-order valence-electron chi connectivity index (χ2n) is 5.96. The van der Waals surface area contributed by atoms with Gasteiger partial charge >= 0.3 is 0 Å². The fourth-order valence-electron chi connectivity index (χ4n) is 2.51. The highest BCUT2D eigenvalue weighted by molar-refractivity contribution is 7.11. The molecule has 1 aromatic heterocycles. The number of hydrogen-bond acceptors (Lipinski definition) is 4. The van der Waals surface area contributed by atoms with E-state index in [0.717, 1.165) is 24.5 Å². The van der Waals surface area contributed by atoms with Crippen LogP contribution in [-0.2, 0) is 13.0 Å². The van der Waals surface area contributed by atoms with Crippen LogP contribution >= 0.6 is 11.3 Å². The Labute approximate surface area is 153 Å². The minimum absolute atomic E-state index is 0.134. The number of rotatable bonds is 7. The van der Waals surface area contributed by atoms with Crippen molar-refractivity contribution in [2.45, 2.75) is 39.8 Å². The molecule has 0 amide bonds. The second-order valence-corrected chi connectivity index (χ2v) is 7.34. The van der Waals surface area contributed by atoms with Gasteiger partial charge in [-0.2, -0.15) is 0 Å². The minimum atomic E-state index is 0.134. The van der Waals surface area contributed by atoms with Crippen molar-refractivity contribution in [3.05, 3.63) is 45.6 Å². The van der Waals surface area contributed by atoms with Gasteiger partial charge in [0.2, 0.25) is 0 Å². The summed E-state index contributed by atoms with van der Waals surface area (Å²) in [5, 5.41) is 16.6.